The maximum absolute atomic E-state index is 13.5. The van der Waals surface area contributed by atoms with Crippen molar-refractivity contribution in [1.29, 1.82) is 0 Å². The number of hydrogen-bond donors (Lipinski definition) is 0. The molecule has 0 aliphatic carbocycles. The lowest BCUT2D eigenvalue weighted by Gasteiger charge is -2.07. The summed E-state index contributed by atoms with van der Waals surface area (Å²) in [5.41, 5.74) is 0.406. The Bertz CT molecular complexity index is 601. The van der Waals surface area contributed by atoms with Crippen molar-refractivity contribution in [1.82, 2.24) is 0 Å². The van der Waals surface area contributed by atoms with E-state index in [4.69, 9.17) is 4.74 Å². The first-order chi connectivity index (χ1) is 9.06. The maximum Gasteiger partial charge on any atom is 0.269 e. The lowest BCUT2D eigenvalue weighted by molar-refractivity contribution is -0.384. The third kappa shape index (κ3) is 3.51. The quantitative estimate of drug-likeness (QED) is 0.628. The summed E-state index contributed by atoms with van der Waals surface area (Å²) < 4.78 is 19.5. The number of nitro groups is 1. The van der Waals surface area contributed by atoms with E-state index in [0.717, 1.165) is 0 Å². The van der Waals surface area contributed by atoms with Gasteiger partial charge in [-0.05, 0) is 24.3 Å². The number of halogens is 2. The zero-order valence-corrected chi connectivity index (χ0v) is 11.3. The third-order valence-electron chi connectivity index (χ3n) is 2.46. The summed E-state index contributed by atoms with van der Waals surface area (Å²) in [6, 6.07) is 10.3. The molecule has 0 fully saturated rings. The molecule has 19 heavy (non-hydrogen) atoms. The number of non-ortho nitro benzene ring substituents is 1. The van der Waals surface area contributed by atoms with Crippen molar-refractivity contribution >= 4 is 21.6 Å². The van der Waals surface area contributed by atoms with Crippen LogP contribution >= 0.6 is 15.9 Å². The minimum absolute atomic E-state index is 0.0119. The van der Waals surface area contributed by atoms with Crippen LogP contribution in [0.3, 0.4) is 0 Å². The van der Waals surface area contributed by atoms with Crippen molar-refractivity contribution in [2.45, 2.75) is 6.61 Å². The Balaban J connectivity index is 2.04. The zero-order chi connectivity index (χ0) is 13.8. The van der Waals surface area contributed by atoms with E-state index in [0.29, 0.717) is 15.8 Å². The molecule has 0 spiro atoms. The van der Waals surface area contributed by atoms with Crippen LogP contribution in [0.5, 0.6) is 5.75 Å². The van der Waals surface area contributed by atoms with Gasteiger partial charge in [0.05, 0.1) is 4.92 Å². The van der Waals surface area contributed by atoms with Gasteiger partial charge in [-0.25, -0.2) is 4.39 Å². The van der Waals surface area contributed by atoms with Crippen LogP contribution in [0.1, 0.15) is 5.56 Å². The van der Waals surface area contributed by atoms with Gasteiger partial charge in [0.25, 0.3) is 5.69 Å². The molecule has 0 saturated carbocycles. The smallest absolute Gasteiger partial charge is 0.269 e. The molecule has 2 aromatic rings. The Morgan fingerprint density at radius 2 is 1.89 bits per heavy atom. The van der Waals surface area contributed by atoms with Crippen LogP contribution in [-0.2, 0) is 6.61 Å². The summed E-state index contributed by atoms with van der Waals surface area (Å²) in [7, 11) is 0. The van der Waals surface area contributed by atoms with Gasteiger partial charge in [-0.3, -0.25) is 10.1 Å². The molecule has 98 valence electrons. The second kappa shape index (κ2) is 5.79. The van der Waals surface area contributed by atoms with Crippen LogP contribution in [0.2, 0.25) is 0 Å². The number of nitrogens with zero attached hydrogens (tertiary/aromatic N) is 1. The van der Waals surface area contributed by atoms with Crippen LogP contribution in [0.25, 0.3) is 0 Å². The molecule has 0 aromatic heterocycles. The van der Waals surface area contributed by atoms with Crippen molar-refractivity contribution in [3.63, 3.8) is 0 Å². The van der Waals surface area contributed by atoms with E-state index in [1.165, 1.54) is 30.3 Å². The molecule has 6 heteroatoms. The van der Waals surface area contributed by atoms with Crippen molar-refractivity contribution in [2.24, 2.45) is 0 Å². The summed E-state index contributed by atoms with van der Waals surface area (Å²) in [6.07, 6.45) is 0. The summed E-state index contributed by atoms with van der Waals surface area (Å²) in [5.74, 6) is 0.0872. The first-order valence-corrected chi connectivity index (χ1v) is 6.17. The molecule has 0 aliphatic heterocycles. The molecular formula is C13H9BrFNO3. The van der Waals surface area contributed by atoms with Crippen molar-refractivity contribution in [3.8, 4) is 5.75 Å². The van der Waals surface area contributed by atoms with Crippen LogP contribution in [0.15, 0.2) is 46.9 Å². The summed E-state index contributed by atoms with van der Waals surface area (Å²) >= 11 is 3.17. The molecule has 0 amide bonds. The zero-order valence-electron chi connectivity index (χ0n) is 9.68. The monoisotopic (exact) mass is 325 g/mol. The molecule has 0 bridgehead atoms. The molecule has 0 saturated heterocycles. The van der Waals surface area contributed by atoms with E-state index in [1.807, 2.05) is 0 Å². The standard InChI is InChI=1S/C13H9BrFNO3/c14-10-2-1-9(13(15)7-10)8-19-12-5-3-11(4-6-12)16(17)18/h1-7H,8H2. The number of ether oxygens (including phenoxy) is 1. The predicted octanol–water partition coefficient (Wildman–Crippen LogP) is 4.08. The largest absolute Gasteiger partial charge is 0.489 e. The van der Waals surface area contributed by atoms with Gasteiger partial charge in [0.15, 0.2) is 0 Å². The van der Waals surface area contributed by atoms with Crippen molar-refractivity contribution in [3.05, 3.63) is 68.4 Å². The summed E-state index contributed by atoms with van der Waals surface area (Å²) in [6.45, 7) is 0.0664. The van der Waals surface area contributed by atoms with E-state index in [1.54, 1.807) is 12.1 Å². The van der Waals surface area contributed by atoms with Gasteiger partial charge < -0.3 is 4.74 Å². The average Bonchev–Trinajstić information content (AvgIpc) is 2.38. The summed E-state index contributed by atoms with van der Waals surface area (Å²) in [4.78, 5) is 9.99. The minimum atomic E-state index is -0.488. The first kappa shape index (κ1) is 13.5. The maximum atomic E-state index is 13.5. The SMILES string of the molecule is O=[N+]([O-])c1ccc(OCc2ccc(Br)cc2F)cc1. The van der Waals surface area contributed by atoms with E-state index in [2.05, 4.69) is 15.9 Å². The van der Waals surface area contributed by atoms with E-state index >= 15 is 0 Å². The number of nitro benzene ring substituents is 1. The van der Waals surface area contributed by atoms with Crippen LogP contribution in [0.4, 0.5) is 10.1 Å². The van der Waals surface area contributed by atoms with Gasteiger partial charge in [0, 0.05) is 22.2 Å². The average molecular weight is 326 g/mol. The van der Waals surface area contributed by atoms with Gasteiger partial charge in [0.2, 0.25) is 0 Å². The van der Waals surface area contributed by atoms with E-state index in [-0.39, 0.29) is 18.1 Å². The highest BCUT2D eigenvalue weighted by atomic mass is 79.9. The molecule has 0 N–H and O–H groups in total. The van der Waals surface area contributed by atoms with Gasteiger partial charge in [-0.1, -0.05) is 22.0 Å². The molecule has 0 unspecified atom stereocenters. The highest BCUT2D eigenvalue weighted by molar-refractivity contribution is 9.10. The predicted molar refractivity (Wildman–Crippen MR) is 71.5 cm³/mol. The Labute approximate surface area is 117 Å². The highest BCUT2D eigenvalue weighted by Crippen LogP contribution is 2.20. The molecule has 0 radical (unpaired) electrons. The fraction of sp³-hybridized carbons (Fsp3) is 0.0769. The first-order valence-electron chi connectivity index (χ1n) is 5.37. The molecule has 0 aliphatic rings. The lowest BCUT2D eigenvalue weighted by Crippen LogP contribution is -1.98. The van der Waals surface area contributed by atoms with Crippen molar-refractivity contribution in [2.75, 3.05) is 0 Å². The Morgan fingerprint density at radius 3 is 2.47 bits per heavy atom. The van der Waals surface area contributed by atoms with Gasteiger partial charge in [-0.15, -0.1) is 0 Å². The van der Waals surface area contributed by atoms with E-state index < -0.39 is 4.92 Å². The highest BCUT2D eigenvalue weighted by Gasteiger charge is 2.06. The van der Waals surface area contributed by atoms with Crippen LogP contribution in [0, 0.1) is 15.9 Å². The van der Waals surface area contributed by atoms with Gasteiger partial charge >= 0.3 is 0 Å². The molecule has 4 nitrogen and oxygen atoms in total. The lowest BCUT2D eigenvalue weighted by atomic mass is 10.2. The molecule has 0 heterocycles. The van der Waals surface area contributed by atoms with Gasteiger partial charge in [0.1, 0.15) is 18.2 Å². The normalized spacial score (nSPS) is 10.2. The second-order valence-corrected chi connectivity index (χ2v) is 4.69. The Hall–Kier alpha value is -1.95. The van der Waals surface area contributed by atoms with Gasteiger partial charge in [-0.2, -0.15) is 0 Å². The molecule has 0 atom stereocenters. The van der Waals surface area contributed by atoms with Crippen molar-refractivity contribution < 1.29 is 14.1 Å². The van der Waals surface area contributed by atoms with E-state index in [9.17, 15) is 14.5 Å². The second-order valence-electron chi connectivity index (χ2n) is 3.78. The van der Waals surface area contributed by atoms with Crippen LogP contribution < -0.4 is 4.74 Å². The fourth-order valence-corrected chi connectivity index (χ4v) is 1.80. The Morgan fingerprint density at radius 1 is 1.21 bits per heavy atom. The molecule has 2 aromatic carbocycles. The third-order valence-corrected chi connectivity index (χ3v) is 2.95. The molecular weight excluding hydrogens is 317 g/mol. The molecule has 2 rings (SSSR count). The Kier molecular flexibility index (Phi) is 4.11. The fourth-order valence-electron chi connectivity index (χ4n) is 1.46. The van der Waals surface area contributed by atoms with Crippen LogP contribution in [-0.4, -0.2) is 4.92 Å². The number of rotatable bonds is 4. The topological polar surface area (TPSA) is 52.4 Å². The number of benzene rings is 2. The number of hydrogen-bond acceptors (Lipinski definition) is 3. The minimum Gasteiger partial charge on any atom is -0.489 e. The summed E-state index contributed by atoms with van der Waals surface area (Å²) in [5, 5.41) is 10.5.